The second-order valence-corrected chi connectivity index (χ2v) is 4.94. The molecule has 0 radical (unpaired) electrons. The van der Waals surface area contributed by atoms with Crippen LogP contribution in [-0.4, -0.2) is 15.3 Å². The highest BCUT2D eigenvalue weighted by atomic mass is 79.9. The van der Waals surface area contributed by atoms with Crippen molar-refractivity contribution in [3.8, 4) is 0 Å². The maximum absolute atomic E-state index is 12.2. The van der Waals surface area contributed by atoms with Gasteiger partial charge in [0.05, 0.1) is 0 Å². The molecule has 0 atom stereocenters. The summed E-state index contributed by atoms with van der Waals surface area (Å²) >= 11 is 3.36. The number of anilines is 1. The van der Waals surface area contributed by atoms with Gasteiger partial charge in [0, 0.05) is 22.6 Å². The first kappa shape index (κ1) is 11.9. The van der Waals surface area contributed by atoms with Crippen LogP contribution in [0.4, 0.5) is 5.69 Å². The van der Waals surface area contributed by atoms with Crippen molar-refractivity contribution < 1.29 is 4.79 Å². The molecule has 0 aliphatic heterocycles. The molecule has 0 spiro atoms. The number of nitrogens with one attached hydrogen (secondary N) is 1. The van der Waals surface area contributed by atoms with Crippen LogP contribution in [0.2, 0.25) is 0 Å². The van der Waals surface area contributed by atoms with E-state index in [-0.39, 0.29) is 5.91 Å². The standard InChI is InChI=1S/C14H10BrN3O/c15-10-4-6-11(7-5-10)17-14(19)12-2-1-3-13-16-8-9-18(12)13/h1-9H,(H,17,19). The van der Waals surface area contributed by atoms with Gasteiger partial charge in [-0.1, -0.05) is 22.0 Å². The van der Waals surface area contributed by atoms with Crippen molar-refractivity contribution in [2.45, 2.75) is 0 Å². The van der Waals surface area contributed by atoms with Crippen LogP contribution in [0, 0.1) is 0 Å². The molecule has 94 valence electrons. The van der Waals surface area contributed by atoms with Crippen LogP contribution in [-0.2, 0) is 0 Å². The van der Waals surface area contributed by atoms with Crippen molar-refractivity contribution in [3.05, 3.63) is 65.0 Å². The molecule has 3 rings (SSSR count). The van der Waals surface area contributed by atoms with Crippen LogP contribution < -0.4 is 5.32 Å². The van der Waals surface area contributed by atoms with Crippen molar-refractivity contribution in [2.24, 2.45) is 0 Å². The zero-order chi connectivity index (χ0) is 13.2. The highest BCUT2D eigenvalue weighted by molar-refractivity contribution is 9.10. The molecule has 3 aromatic rings. The van der Waals surface area contributed by atoms with Crippen molar-refractivity contribution in [2.75, 3.05) is 5.32 Å². The molecule has 5 heteroatoms. The quantitative estimate of drug-likeness (QED) is 0.788. The van der Waals surface area contributed by atoms with Crippen LogP contribution >= 0.6 is 15.9 Å². The molecule has 2 aromatic heterocycles. The number of halogens is 1. The average Bonchev–Trinajstić information content (AvgIpc) is 2.89. The summed E-state index contributed by atoms with van der Waals surface area (Å²) < 4.78 is 2.73. The topological polar surface area (TPSA) is 46.4 Å². The van der Waals surface area contributed by atoms with Gasteiger partial charge in [0.25, 0.3) is 5.91 Å². The Balaban J connectivity index is 1.92. The van der Waals surface area contributed by atoms with E-state index in [1.165, 1.54) is 0 Å². The van der Waals surface area contributed by atoms with Gasteiger partial charge in [0.15, 0.2) is 0 Å². The fraction of sp³-hybridized carbons (Fsp3) is 0. The van der Waals surface area contributed by atoms with E-state index in [9.17, 15) is 4.79 Å². The number of hydrogen-bond acceptors (Lipinski definition) is 2. The molecule has 1 amide bonds. The molecular formula is C14H10BrN3O. The van der Waals surface area contributed by atoms with Crippen molar-refractivity contribution in [3.63, 3.8) is 0 Å². The van der Waals surface area contributed by atoms with Gasteiger partial charge in [0.2, 0.25) is 0 Å². The summed E-state index contributed by atoms with van der Waals surface area (Å²) in [7, 11) is 0. The Bertz CT molecular complexity index is 734. The molecule has 0 saturated heterocycles. The molecule has 0 saturated carbocycles. The number of benzene rings is 1. The van der Waals surface area contributed by atoms with Crippen LogP contribution in [0.3, 0.4) is 0 Å². The van der Waals surface area contributed by atoms with Gasteiger partial charge in [-0.3, -0.25) is 9.20 Å². The second kappa shape index (κ2) is 4.85. The summed E-state index contributed by atoms with van der Waals surface area (Å²) in [5.41, 5.74) is 2.06. The summed E-state index contributed by atoms with van der Waals surface area (Å²) in [6.07, 6.45) is 3.44. The Kier molecular flexibility index (Phi) is 3.05. The highest BCUT2D eigenvalue weighted by Crippen LogP contribution is 2.15. The lowest BCUT2D eigenvalue weighted by atomic mass is 10.3. The van der Waals surface area contributed by atoms with E-state index in [4.69, 9.17) is 0 Å². The molecule has 2 heterocycles. The monoisotopic (exact) mass is 315 g/mol. The van der Waals surface area contributed by atoms with Gasteiger partial charge in [-0.15, -0.1) is 0 Å². The number of carbonyl (C=O) groups excluding carboxylic acids is 1. The Labute approximate surface area is 118 Å². The van der Waals surface area contributed by atoms with E-state index in [2.05, 4.69) is 26.2 Å². The predicted octanol–water partition coefficient (Wildman–Crippen LogP) is 3.35. The molecule has 0 bridgehead atoms. The number of pyridine rings is 1. The molecule has 0 unspecified atom stereocenters. The molecule has 1 aromatic carbocycles. The Morgan fingerprint density at radius 2 is 1.95 bits per heavy atom. The minimum absolute atomic E-state index is 0.161. The van der Waals surface area contributed by atoms with Gasteiger partial charge in [-0.05, 0) is 36.4 Å². The lowest BCUT2D eigenvalue weighted by molar-refractivity contribution is 0.102. The summed E-state index contributed by atoms with van der Waals surface area (Å²) in [5, 5.41) is 2.86. The lowest BCUT2D eigenvalue weighted by Gasteiger charge is -2.07. The zero-order valence-corrected chi connectivity index (χ0v) is 11.5. The third kappa shape index (κ3) is 2.37. The van der Waals surface area contributed by atoms with Gasteiger partial charge in [0.1, 0.15) is 11.3 Å². The molecular weight excluding hydrogens is 306 g/mol. The van der Waals surface area contributed by atoms with E-state index >= 15 is 0 Å². The molecule has 1 N–H and O–H groups in total. The second-order valence-electron chi connectivity index (χ2n) is 4.03. The van der Waals surface area contributed by atoms with Crippen molar-refractivity contribution >= 4 is 33.2 Å². The largest absolute Gasteiger partial charge is 0.321 e. The van der Waals surface area contributed by atoms with Crippen LogP contribution in [0.15, 0.2) is 59.3 Å². The molecule has 0 fully saturated rings. The maximum Gasteiger partial charge on any atom is 0.272 e. The highest BCUT2D eigenvalue weighted by Gasteiger charge is 2.10. The number of nitrogens with zero attached hydrogens (tertiary/aromatic N) is 2. The van der Waals surface area contributed by atoms with Crippen LogP contribution in [0.25, 0.3) is 5.65 Å². The van der Waals surface area contributed by atoms with Gasteiger partial charge >= 0.3 is 0 Å². The predicted molar refractivity (Wildman–Crippen MR) is 77.3 cm³/mol. The first-order chi connectivity index (χ1) is 9.24. The van der Waals surface area contributed by atoms with E-state index in [0.717, 1.165) is 15.8 Å². The summed E-state index contributed by atoms with van der Waals surface area (Å²) in [5.74, 6) is -0.161. The zero-order valence-electron chi connectivity index (χ0n) is 9.88. The first-order valence-corrected chi connectivity index (χ1v) is 6.52. The number of rotatable bonds is 2. The van der Waals surface area contributed by atoms with Crippen LogP contribution in [0.1, 0.15) is 10.5 Å². The maximum atomic E-state index is 12.2. The number of hydrogen-bond donors (Lipinski definition) is 1. The molecule has 0 aliphatic carbocycles. The van der Waals surface area contributed by atoms with Crippen molar-refractivity contribution in [1.82, 2.24) is 9.38 Å². The van der Waals surface area contributed by atoms with Gasteiger partial charge in [-0.2, -0.15) is 0 Å². The number of amides is 1. The Hall–Kier alpha value is -2.14. The summed E-state index contributed by atoms with van der Waals surface area (Å²) in [6.45, 7) is 0. The van der Waals surface area contributed by atoms with E-state index in [1.54, 1.807) is 22.9 Å². The van der Waals surface area contributed by atoms with E-state index in [0.29, 0.717) is 5.69 Å². The minimum atomic E-state index is -0.161. The number of fused-ring (bicyclic) bond motifs is 1. The minimum Gasteiger partial charge on any atom is -0.321 e. The smallest absolute Gasteiger partial charge is 0.272 e. The molecule has 19 heavy (non-hydrogen) atoms. The SMILES string of the molecule is O=C(Nc1ccc(Br)cc1)c1cccc2nccn12. The van der Waals surface area contributed by atoms with Crippen molar-refractivity contribution in [1.29, 1.82) is 0 Å². The van der Waals surface area contributed by atoms with E-state index in [1.807, 2.05) is 36.4 Å². The number of imidazole rings is 1. The third-order valence-electron chi connectivity index (χ3n) is 2.76. The average molecular weight is 316 g/mol. The molecule has 0 aliphatic rings. The summed E-state index contributed by atoms with van der Waals surface area (Å²) in [6, 6.07) is 12.9. The Morgan fingerprint density at radius 1 is 1.16 bits per heavy atom. The normalized spacial score (nSPS) is 10.6. The third-order valence-corrected chi connectivity index (χ3v) is 3.29. The summed E-state index contributed by atoms with van der Waals surface area (Å²) in [4.78, 5) is 16.4. The number of aromatic nitrogens is 2. The van der Waals surface area contributed by atoms with Crippen LogP contribution in [0.5, 0.6) is 0 Å². The fourth-order valence-corrected chi connectivity index (χ4v) is 2.13. The number of carbonyl (C=O) groups is 1. The molecule has 4 nitrogen and oxygen atoms in total. The van der Waals surface area contributed by atoms with Gasteiger partial charge < -0.3 is 5.32 Å². The fourth-order valence-electron chi connectivity index (χ4n) is 1.86. The van der Waals surface area contributed by atoms with E-state index < -0.39 is 0 Å². The van der Waals surface area contributed by atoms with Gasteiger partial charge in [-0.25, -0.2) is 4.98 Å². The first-order valence-electron chi connectivity index (χ1n) is 5.73. The lowest BCUT2D eigenvalue weighted by Crippen LogP contribution is -2.15. The Morgan fingerprint density at radius 3 is 2.74 bits per heavy atom.